The predicted octanol–water partition coefficient (Wildman–Crippen LogP) is 1.23. The number of hydrogen-bond donors (Lipinski definition) is 2. The van der Waals surface area contributed by atoms with Crippen LogP contribution in [0.1, 0.15) is 11.7 Å². The van der Waals surface area contributed by atoms with Crippen LogP contribution in [-0.4, -0.2) is 16.2 Å². The van der Waals surface area contributed by atoms with E-state index in [1.165, 1.54) is 0 Å². The van der Waals surface area contributed by atoms with Crippen molar-refractivity contribution >= 4 is 18.4 Å². The van der Waals surface area contributed by atoms with Gasteiger partial charge in [0.05, 0.1) is 0 Å². The van der Waals surface area contributed by atoms with Crippen molar-refractivity contribution in [3.63, 3.8) is 0 Å². The van der Waals surface area contributed by atoms with Crippen LogP contribution in [0.25, 0.3) is 0 Å². The lowest BCUT2D eigenvalue weighted by molar-refractivity contribution is -0.146. The molecule has 0 aliphatic heterocycles. The van der Waals surface area contributed by atoms with Crippen LogP contribution in [-0.2, 0) is 4.79 Å². The van der Waals surface area contributed by atoms with E-state index in [-0.39, 0.29) is 12.4 Å². The van der Waals surface area contributed by atoms with E-state index in [9.17, 15) is 4.79 Å². The highest BCUT2D eigenvalue weighted by atomic mass is 35.5. The highest BCUT2D eigenvalue weighted by Crippen LogP contribution is 2.10. The predicted molar refractivity (Wildman–Crippen MR) is 46.3 cm³/mol. The van der Waals surface area contributed by atoms with Crippen molar-refractivity contribution in [3.8, 4) is 0 Å². The molecule has 0 unspecified atom stereocenters. The van der Waals surface area contributed by atoms with Crippen molar-refractivity contribution < 1.29 is 15.0 Å². The minimum absolute atomic E-state index is 0. The van der Waals surface area contributed by atoms with E-state index in [1.807, 2.05) is 0 Å². The van der Waals surface area contributed by atoms with Gasteiger partial charge >= 0.3 is 5.97 Å². The molecule has 0 saturated heterocycles. The van der Waals surface area contributed by atoms with Crippen LogP contribution >= 0.6 is 12.4 Å². The lowest BCUT2D eigenvalue weighted by atomic mass is 10.1. The van der Waals surface area contributed by atoms with Crippen molar-refractivity contribution in [1.29, 1.82) is 0 Å². The van der Waals surface area contributed by atoms with E-state index in [4.69, 9.17) is 10.2 Å². The van der Waals surface area contributed by atoms with Gasteiger partial charge in [-0.15, -0.1) is 12.4 Å². The van der Waals surface area contributed by atoms with E-state index < -0.39 is 12.1 Å². The molecule has 66 valence electrons. The first-order chi connectivity index (χ1) is 5.22. The number of benzene rings is 1. The maximum atomic E-state index is 10.2. The number of aliphatic hydroxyl groups is 1. The molecule has 0 fully saturated rings. The summed E-state index contributed by atoms with van der Waals surface area (Å²) < 4.78 is 0. The largest absolute Gasteiger partial charge is 0.479 e. The van der Waals surface area contributed by atoms with E-state index >= 15 is 0 Å². The van der Waals surface area contributed by atoms with Crippen LogP contribution in [0.5, 0.6) is 0 Å². The second-order valence-corrected chi connectivity index (χ2v) is 2.15. The van der Waals surface area contributed by atoms with Gasteiger partial charge in [0.15, 0.2) is 6.10 Å². The first-order valence-corrected chi connectivity index (χ1v) is 3.17. The van der Waals surface area contributed by atoms with Gasteiger partial charge in [0.25, 0.3) is 0 Å². The number of carbonyl (C=O) groups is 1. The smallest absolute Gasteiger partial charge is 0.337 e. The zero-order chi connectivity index (χ0) is 8.27. The second kappa shape index (κ2) is 4.74. The standard InChI is InChI=1S/C8H8O3.ClH/c9-7(8(10)11)6-4-2-1-3-5-6;/h1-5,7,9H,(H,10,11);1H/t7-;/m0./s1. The summed E-state index contributed by atoms with van der Waals surface area (Å²) >= 11 is 0. The van der Waals surface area contributed by atoms with Gasteiger partial charge in [-0.2, -0.15) is 0 Å². The Morgan fingerprint density at radius 2 is 1.75 bits per heavy atom. The number of aliphatic hydroxyl groups excluding tert-OH is 1. The number of aliphatic carboxylic acids is 1. The fourth-order valence-electron chi connectivity index (χ4n) is 0.778. The molecule has 1 rings (SSSR count). The maximum absolute atomic E-state index is 10.2. The summed E-state index contributed by atoms with van der Waals surface area (Å²) in [5.41, 5.74) is 0.403. The number of hydrogen-bond acceptors (Lipinski definition) is 2. The summed E-state index contributed by atoms with van der Waals surface area (Å²) in [6.07, 6.45) is -1.41. The van der Waals surface area contributed by atoms with Gasteiger partial charge in [-0.1, -0.05) is 30.3 Å². The Labute approximate surface area is 76.1 Å². The maximum Gasteiger partial charge on any atom is 0.337 e. The van der Waals surface area contributed by atoms with Gasteiger partial charge < -0.3 is 10.2 Å². The fourth-order valence-corrected chi connectivity index (χ4v) is 0.778. The van der Waals surface area contributed by atoms with E-state index in [0.717, 1.165) is 0 Å². The van der Waals surface area contributed by atoms with Crippen LogP contribution in [0.15, 0.2) is 30.3 Å². The van der Waals surface area contributed by atoms with E-state index in [0.29, 0.717) is 5.56 Å². The molecule has 0 aromatic heterocycles. The molecule has 1 atom stereocenters. The second-order valence-electron chi connectivity index (χ2n) is 2.15. The van der Waals surface area contributed by atoms with Gasteiger partial charge in [-0.25, -0.2) is 4.79 Å². The van der Waals surface area contributed by atoms with Crippen molar-refractivity contribution in [1.82, 2.24) is 0 Å². The minimum atomic E-state index is -1.41. The molecule has 0 heterocycles. The molecule has 0 saturated carbocycles. The molecule has 0 aliphatic carbocycles. The quantitative estimate of drug-likeness (QED) is 0.734. The lowest BCUT2D eigenvalue weighted by Crippen LogP contribution is -2.09. The molecule has 3 nitrogen and oxygen atoms in total. The van der Waals surface area contributed by atoms with Crippen LogP contribution < -0.4 is 0 Å². The normalized spacial score (nSPS) is 11.4. The third-order valence-electron chi connectivity index (χ3n) is 1.35. The van der Waals surface area contributed by atoms with Crippen molar-refractivity contribution in [3.05, 3.63) is 35.9 Å². The first-order valence-electron chi connectivity index (χ1n) is 3.17. The Hall–Kier alpha value is -1.06. The van der Waals surface area contributed by atoms with Crippen molar-refractivity contribution in [2.45, 2.75) is 6.10 Å². The number of rotatable bonds is 2. The molecule has 0 radical (unpaired) electrons. The van der Waals surface area contributed by atoms with Gasteiger partial charge in [0.1, 0.15) is 0 Å². The highest BCUT2D eigenvalue weighted by molar-refractivity contribution is 5.85. The molecular formula is C8H9ClO3. The molecule has 0 amide bonds. The monoisotopic (exact) mass is 188 g/mol. The first kappa shape index (κ1) is 10.9. The Balaban J connectivity index is 0.00000121. The van der Waals surface area contributed by atoms with Gasteiger partial charge in [0.2, 0.25) is 0 Å². The summed E-state index contributed by atoms with van der Waals surface area (Å²) in [5.74, 6) is -1.23. The number of halogens is 1. The van der Waals surface area contributed by atoms with Gasteiger partial charge in [-0.3, -0.25) is 0 Å². The fraction of sp³-hybridized carbons (Fsp3) is 0.125. The lowest BCUT2D eigenvalue weighted by Gasteiger charge is -2.03. The zero-order valence-electron chi connectivity index (χ0n) is 6.18. The Morgan fingerprint density at radius 1 is 1.25 bits per heavy atom. The third-order valence-corrected chi connectivity index (χ3v) is 1.35. The molecule has 1 aromatic carbocycles. The third kappa shape index (κ3) is 2.53. The van der Waals surface area contributed by atoms with Crippen molar-refractivity contribution in [2.24, 2.45) is 0 Å². The number of carboxylic acids is 1. The topological polar surface area (TPSA) is 57.5 Å². The summed E-state index contributed by atoms with van der Waals surface area (Å²) in [7, 11) is 0. The molecule has 1 aromatic rings. The summed E-state index contributed by atoms with van der Waals surface area (Å²) in [5, 5.41) is 17.4. The minimum Gasteiger partial charge on any atom is -0.479 e. The van der Waals surface area contributed by atoms with Crippen molar-refractivity contribution in [2.75, 3.05) is 0 Å². The average molecular weight is 189 g/mol. The highest BCUT2D eigenvalue weighted by Gasteiger charge is 2.14. The van der Waals surface area contributed by atoms with E-state index in [1.54, 1.807) is 30.3 Å². The SMILES string of the molecule is Cl.O=C(O)[C@@H](O)c1ccccc1. The average Bonchev–Trinajstić information content (AvgIpc) is 2.05. The Bertz CT molecular complexity index is 248. The van der Waals surface area contributed by atoms with Gasteiger partial charge in [0, 0.05) is 0 Å². The van der Waals surface area contributed by atoms with Crippen LogP contribution in [0, 0.1) is 0 Å². The molecule has 12 heavy (non-hydrogen) atoms. The van der Waals surface area contributed by atoms with Gasteiger partial charge in [-0.05, 0) is 5.56 Å². The molecule has 0 spiro atoms. The van der Waals surface area contributed by atoms with E-state index in [2.05, 4.69) is 0 Å². The van der Waals surface area contributed by atoms with Crippen LogP contribution in [0.4, 0.5) is 0 Å². The van der Waals surface area contributed by atoms with Crippen LogP contribution in [0.2, 0.25) is 0 Å². The number of carboxylic acid groups (broad SMARTS) is 1. The molecule has 0 bridgehead atoms. The summed E-state index contributed by atoms with van der Waals surface area (Å²) in [4.78, 5) is 10.2. The zero-order valence-corrected chi connectivity index (χ0v) is 6.99. The molecule has 0 aliphatic rings. The van der Waals surface area contributed by atoms with Crippen LogP contribution in [0.3, 0.4) is 0 Å². The Morgan fingerprint density at radius 3 is 2.17 bits per heavy atom. The molecule has 2 N–H and O–H groups in total. The molecular weight excluding hydrogens is 180 g/mol. The summed E-state index contributed by atoms with van der Waals surface area (Å²) in [6, 6.07) is 8.26. The Kier molecular flexibility index (Phi) is 4.33. The summed E-state index contributed by atoms with van der Waals surface area (Å²) in [6.45, 7) is 0. The molecule has 4 heteroatoms.